The molecule has 11 heteroatoms. The largest absolute Gasteiger partial charge is 0.392 e. The van der Waals surface area contributed by atoms with Crippen LogP contribution < -0.4 is 31.1 Å². The van der Waals surface area contributed by atoms with Crippen LogP contribution in [-0.4, -0.2) is 53.5 Å². The predicted octanol–water partition coefficient (Wildman–Crippen LogP) is 8.83. The lowest BCUT2D eigenvalue weighted by molar-refractivity contribution is 0.396. The number of halogens is 1. The molecule has 2 saturated heterocycles. The maximum atomic E-state index is 6.66. The van der Waals surface area contributed by atoms with E-state index < -0.39 is 0 Å². The van der Waals surface area contributed by atoms with Crippen molar-refractivity contribution in [3.05, 3.63) is 114 Å². The van der Waals surface area contributed by atoms with Crippen LogP contribution in [0.25, 0.3) is 17.0 Å². The van der Waals surface area contributed by atoms with E-state index in [9.17, 15) is 0 Å². The van der Waals surface area contributed by atoms with Gasteiger partial charge in [0.15, 0.2) is 5.82 Å². The monoisotopic (exact) mass is 730 g/mol. The Bertz CT molecular complexity index is 2110. The molecule has 0 amide bonds. The number of anilines is 5. The molecule has 7 rings (SSSR count). The van der Waals surface area contributed by atoms with Crippen LogP contribution in [0.5, 0.6) is 0 Å². The van der Waals surface area contributed by atoms with Crippen molar-refractivity contribution in [2.45, 2.75) is 50.9 Å². The van der Waals surface area contributed by atoms with Crippen LogP contribution in [0.3, 0.4) is 0 Å². The van der Waals surface area contributed by atoms with Crippen LogP contribution in [0.15, 0.2) is 97.3 Å². The summed E-state index contributed by atoms with van der Waals surface area (Å²) >= 11 is 6.66. The average Bonchev–Trinajstić information content (AvgIpc) is 3.48. The van der Waals surface area contributed by atoms with E-state index in [1.54, 1.807) is 6.20 Å². The maximum Gasteiger partial charge on any atom is 0.227 e. The molecule has 0 aliphatic carbocycles. The normalized spacial score (nSPS) is 18.8. The third kappa shape index (κ3) is 7.78. The molecule has 0 saturated carbocycles. The van der Waals surface area contributed by atoms with Gasteiger partial charge in [-0.2, -0.15) is 10.1 Å². The first-order valence-corrected chi connectivity index (χ1v) is 19.0. The van der Waals surface area contributed by atoms with E-state index >= 15 is 0 Å². The summed E-state index contributed by atoms with van der Waals surface area (Å²) in [6.45, 7) is 19.5. The van der Waals surface area contributed by atoms with Crippen molar-refractivity contribution in [1.82, 2.24) is 30.4 Å². The molecular formula is C42H51ClN10. The summed E-state index contributed by atoms with van der Waals surface area (Å²) in [5.74, 6) is 2.02. The van der Waals surface area contributed by atoms with Gasteiger partial charge in [0.05, 0.1) is 17.4 Å². The number of hydrogen-bond acceptors (Lipinski definition) is 9. The number of nitrogens with zero attached hydrogens (tertiary/aromatic N) is 6. The lowest BCUT2D eigenvalue weighted by Gasteiger charge is -2.33. The topological polar surface area (TPSA) is 98.2 Å². The predicted molar refractivity (Wildman–Crippen MR) is 222 cm³/mol. The summed E-state index contributed by atoms with van der Waals surface area (Å²) in [7, 11) is 5.99. The summed E-state index contributed by atoms with van der Waals surface area (Å²) in [5.41, 5.74) is 11.7. The molecule has 0 bridgehead atoms. The summed E-state index contributed by atoms with van der Waals surface area (Å²) in [6.07, 6.45) is 10.9. The minimum Gasteiger partial charge on any atom is -0.392 e. The van der Waals surface area contributed by atoms with Gasteiger partial charge in [-0.05, 0) is 98.9 Å². The van der Waals surface area contributed by atoms with Gasteiger partial charge >= 0.3 is 0 Å². The van der Waals surface area contributed by atoms with E-state index in [1.165, 1.54) is 17.4 Å². The number of aromatic nitrogens is 4. The third-order valence-corrected chi connectivity index (χ3v) is 11.2. The van der Waals surface area contributed by atoms with Crippen LogP contribution in [0.4, 0.5) is 28.8 Å². The van der Waals surface area contributed by atoms with E-state index in [-0.39, 0.29) is 5.92 Å². The third-order valence-electron chi connectivity index (χ3n) is 10.9. The molecular weight excluding hydrogens is 680 g/mol. The zero-order valence-corrected chi connectivity index (χ0v) is 32.0. The molecule has 1 unspecified atom stereocenters. The standard InChI is InChI=1S/C42H51ClN10/c1-26(44-5)10-12-31-21-32-22-34(14-17-38(32)51(6)29(31)4)48-41-37(43)24-46-42(49-41)53-20-8-9-30(25-53)18-19-45-33-13-16-36-39(23-33)52(7)50-40(36)35-15-11-27(2)47-28(35)3/h13-14,16-17,21-24,30,35,44-45,47H,1-4,8-12,15,18-20,25H2,5-7H3,(H,46,48,49)/t30-,35?/m0/s1. The van der Waals surface area contributed by atoms with Crippen molar-refractivity contribution in [3.63, 3.8) is 0 Å². The van der Waals surface area contributed by atoms with Crippen LogP contribution >= 0.6 is 11.6 Å². The highest BCUT2D eigenvalue weighted by Gasteiger charge is 2.27. The second-order valence-electron chi connectivity index (χ2n) is 14.5. The van der Waals surface area contributed by atoms with Crippen molar-refractivity contribution in [3.8, 4) is 0 Å². The Morgan fingerprint density at radius 2 is 1.91 bits per heavy atom. The molecule has 4 N–H and O–H groups in total. The van der Waals surface area contributed by atoms with Crippen molar-refractivity contribution < 1.29 is 0 Å². The molecule has 3 aliphatic rings. The Kier molecular flexibility index (Phi) is 10.5. The van der Waals surface area contributed by atoms with Gasteiger partial charge in [-0.25, -0.2) is 4.98 Å². The number of hydrogen-bond donors (Lipinski definition) is 4. The van der Waals surface area contributed by atoms with Gasteiger partial charge in [0.1, 0.15) is 5.02 Å². The maximum absolute atomic E-state index is 6.66. The molecule has 3 aliphatic heterocycles. The number of piperidine rings is 2. The van der Waals surface area contributed by atoms with Gasteiger partial charge in [-0.3, -0.25) is 4.68 Å². The average molecular weight is 731 g/mol. The molecule has 276 valence electrons. The summed E-state index contributed by atoms with van der Waals surface area (Å²) < 4.78 is 1.99. The van der Waals surface area contributed by atoms with Gasteiger partial charge in [0, 0.05) is 97.5 Å². The van der Waals surface area contributed by atoms with Gasteiger partial charge in [0.25, 0.3) is 0 Å². The molecule has 2 fully saturated rings. The fraction of sp³-hybridized carbons (Fsp3) is 0.357. The molecule has 4 aromatic rings. The van der Waals surface area contributed by atoms with Crippen LogP contribution in [-0.2, 0) is 7.05 Å². The number of benzene rings is 2. The molecule has 2 aromatic carbocycles. The minimum absolute atomic E-state index is 0.187. The fourth-order valence-electron chi connectivity index (χ4n) is 7.77. The van der Waals surface area contributed by atoms with Gasteiger partial charge in [-0.1, -0.05) is 37.9 Å². The van der Waals surface area contributed by atoms with Crippen molar-refractivity contribution in [1.29, 1.82) is 0 Å². The second kappa shape index (κ2) is 15.4. The van der Waals surface area contributed by atoms with Crippen LogP contribution in [0.2, 0.25) is 5.02 Å². The first-order chi connectivity index (χ1) is 25.6. The highest BCUT2D eigenvalue weighted by Crippen LogP contribution is 2.39. The highest BCUT2D eigenvalue weighted by atomic mass is 35.5. The number of allylic oxidation sites excluding steroid dienone is 4. The summed E-state index contributed by atoms with van der Waals surface area (Å²) in [6, 6.07) is 12.9. The van der Waals surface area contributed by atoms with E-state index in [2.05, 4.69) is 112 Å². The van der Waals surface area contributed by atoms with Gasteiger partial charge in [-0.15, -0.1) is 0 Å². The quantitative estimate of drug-likeness (QED) is 0.114. The zero-order chi connectivity index (χ0) is 37.2. The Hall–Kier alpha value is -5.22. The molecule has 10 nitrogen and oxygen atoms in total. The SMILES string of the molecule is C=C(CCC1=Cc2cc(Nc3nc(N4CCC[C@@H](CCNc5ccc6c(C7CCC(=C)NC7=C)nn(C)c6c5)C4)ncc3Cl)ccc2N(C)C1=C)NC. The molecule has 53 heavy (non-hydrogen) atoms. The highest BCUT2D eigenvalue weighted by molar-refractivity contribution is 6.32. The summed E-state index contributed by atoms with van der Waals surface area (Å²) in [5, 5.41) is 20.2. The number of rotatable bonds is 12. The Morgan fingerprint density at radius 1 is 1.08 bits per heavy atom. The van der Waals surface area contributed by atoms with Crippen molar-refractivity contribution >= 4 is 57.4 Å². The fourth-order valence-corrected chi connectivity index (χ4v) is 7.91. The number of aryl methyl sites for hydroxylation is 1. The van der Waals surface area contributed by atoms with E-state index in [4.69, 9.17) is 21.7 Å². The van der Waals surface area contributed by atoms with Crippen LogP contribution in [0.1, 0.15) is 62.1 Å². The summed E-state index contributed by atoms with van der Waals surface area (Å²) in [4.78, 5) is 14.0. The lowest BCUT2D eigenvalue weighted by atomic mass is 9.90. The number of fused-ring (bicyclic) bond motifs is 2. The van der Waals surface area contributed by atoms with E-state index in [1.807, 2.05) is 18.8 Å². The molecule has 2 atom stereocenters. The first kappa shape index (κ1) is 36.2. The smallest absolute Gasteiger partial charge is 0.227 e. The Labute approximate surface area is 318 Å². The first-order valence-electron chi connectivity index (χ1n) is 18.6. The van der Waals surface area contributed by atoms with Gasteiger partial charge < -0.3 is 31.1 Å². The van der Waals surface area contributed by atoms with Crippen molar-refractivity contribution in [2.75, 3.05) is 54.2 Å². The van der Waals surface area contributed by atoms with Gasteiger partial charge in [0.2, 0.25) is 5.95 Å². The zero-order valence-electron chi connectivity index (χ0n) is 31.2. The lowest BCUT2D eigenvalue weighted by Crippen LogP contribution is -2.37. The Morgan fingerprint density at radius 3 is 2.72 bits per heavy atom. The minimum atomic E-state index is 0.187. The van der Waals surface area contributed by atoms with E-state index in [0.717, 1.165) is 115 Å². The molecule has 0 spiro atoms. The number of nitrogens with one attached hydrogen (secondary N) is 4. The van der Waals surface area contributed by atoms with E-state index in [0.29, 0.717) is 22.7 Å². The second-order valence-corrected chi connectivity index (χ2v) is 15.0. The molecule has 0 radical (unpaired) electrons. The van der Waals surface area contributed by atoms with Crippen molar-refractivity contribution in [2.24, 2.45) is 13.0 Å². The number of likely N-dealkylation sites (N-methyl/N-ethyl adjacent to an activating group) is 1. The molecule has 2 aromatic heterocycles. The molecule has 5 heterocycles. The Balaban J connectivity index is 0.976. The van der Waals surface area contributed by atoms with Crippen LogP contribution in [0, 0.1) is 5.92 Å².